The molecule has 0 aliphatic carbocycles. The number of pyridine rings is 1. The van der Waals surface area contributed by atoms with E-state index in [2.05, 4.69) is 16.7 Å². The molecule has 3 aromatic rings. The van der Waals surface area contributed by atoms with Gasteiger partial charge in [-0.1, -0.05) is 6.58 Å². The molecule has 0 N–H and O–H groups in total. The maximum atomic E-state index is 14.2. The molecule has 0 bridgehead atoms. The minimum Gasteiger partial charge on any atom is -0.356 e. The van der Waals surface area contributed by atoms with E-state index in [4.69, 9.17) is 4.74 Å². The number of fused-ring (bicyclic) bond motifs is 1. The third-order valence-electron chi connectivity index (χ3n) is 4.48. The standard InChI is InChI=1S/C19H17F2N3O/c1-12(15-10-13(20)5-6-16(15)21)19-14-7-8-22-11-17(14)24(23-19)18-4-2-3-9-25-18/h5-8,10-11,18H,1-4,9H2. The number of halogens is 2. The third-order valence-corrected chi connectivity index (χ3v) is 4.48. The van der Waals surface area contributed by atoms with Crippen molar-refractivity contribution in [3.63, 3.8) is 0 Å². The average Bonchev–Trinajstić information content (AvgIpc) is 3.03. The first-order valence-electron chi connectivity index (χ1n) is 8.23. The maximum absolute atomic E-state index is 14.2. The molecule has 3 heterocycles. The Morgan fingerprint density at radius 2 is 2.12 bits per heavy atom. The van der Waals surface area contributed by atoms with Crippen molar-refractivity contribution in [3.8, 4) is 0 Å². The van der Waals surface area contributed by atoms with Crippen LogP contribution in [-0.2, 0) is 4.74 Å². The number of ether oxygens (including phenoxy) is 1. The van der Waals surface area contributed by atoms with Crippen LogP contribution in [0.3, 0.4) is 0 Å². The van der Waals surface area contributed by atoms with Gasteiger partial charge >= 0.3 is 0 Å². The van der Waals surface area contributed by atoms with Crippen molar-refractivity contribution in [3.05, 3.63) is 66.1 Å². The maximum Gasteiger partial charge on any atom is 0.150 e. The smallest absolute Gasteiger partial charge is 0.150 e. The Morgan fingerprint density at radius 1 is 1.24 bits per heavy atom. The molecule has 1 atom stereocenters. The third kappa shape index (κ3) is 2.82. The lowest BCUT2D eigenvalue weighted by molar-refractivity contribution is -0.0367. The van der Waals surface area contributed by atoms with E-state index in [1.54, 1.807) is 23.1 Å². The number of rotatable bonds is 3. The van der Waals surface area contributed by atoms with Gasteiger partial charge in [-0.3, -0.25) is 4.98 Å². The van der Waals surface area contributed by atoms with Crippen LogP contribution in [-0.4, -0.2) is 21.4 Å². The molecule has 4 nitrogen and oxygen atoms in total. The minimum atomic E-state index is -0.530. The first-order valence-corrected chi connectivity index (χ1v) is 8.23. The van der Waals surface area contributed by atoms with E-state index in [0.29, 0.717) is 17.9 Å². The molecule has 0 amide bonds. The Hall–Kier alpha value is -2.60. The molecular weight excluding hydrogens is 324 g/mol. The predicted molar refractivity (Wildman–Crippen MR) is 90.9 cm³/mol. The van der Waals surface area contributed by atoms with Gasteiger partial charge < -0.3 is 4.74 Å². The number of hydrogen-bond donors (Lipinski definition) is 0. The zero-order chi connectivity index (χ0) is 17.4. The van der Waals surface area contributed by atoms with Crippen molar-refractivity contribution in [1.82, 2.24) is 14.8 Å². The predicted octanol–water partition coefficient (Wildman–Crippen LogP) is 4.47. The number of nitrogens with zero attached hydrogens (tertiary/aromatic N) is 3. The second-order valence-electron chi connectivity index (χ2n) is 6.11. The molecule has 128 valence electrons. The lowest BCUT2D eigenvalue weighted by atomic mass is 10.0. The summed E-state index contributed by atoms with van der Waals surface area (Å²) in [6.45, 7) is 4.64. The van der Waals surface area contributed by atoms with E-state index in [-0.39, 0.29) is 11.8 Å². The van der Waals surface area contributed by atoms with Crippen LogP contribution in [0, 0.1) is 11.6 Å². The average molecular weight is 341 g/mol. The molecule has 25 heavy (non-hydrogen) atoms. The summed E-state index contributed by atoms with van der Waals surface area (Å²) < 4.78 is 35.3. The fourth-order valence-corrected chi connectivity index (χ4v) is 3.20. The van der Waals surface area contributed by atoms with Crippen LogP contribution in [0.4, 0.5) is 8.78 Å². The van der Waals surface area contributed by atoms with Gasteiger partial charge in [0.2, 0.25) is 0 Å². The molecule has 1 fully saturated rings. The second kappa shape index (κ2) is 6.37. The zero-order valence-corrected chi connectivity index (χ0v) is 13.6. The highest BCUT2D eigenvalue weighted by Gasteiger charge is 2.23. The van der Waals surface area contributed by atoms with E-state index < -0.39 is 11.6 Å². The Bertz CT molecular complexity index is 945. The topological polar surface area (TPSA) is 39.9 Å². The SMILES string of the molecule is C=C(c1cc(F)ccc1F)c1nn(C2CCCCO2)c2cnccc12. The molecule has 1 aliphatic heterocycles. The fraction of sp³-hybridized carbons (Fsp3) is 0.263. The molecule has 0 spiro atoms. The zero-order valence-electron chi connectivity index (χ0n) is 13.6. The van der Waals surface area contributed by atoms with Crippen LogP contribution < -0.4 is 0 Å². The van der Waals surface area contributed by atoms with Gasteiger partial charge in [-0.25, -0.2) is 13.5 Å². The number of hydrogen-bond acceptors (Lipinski definition) is 3. The molecule has 1 unspecified atom stereocenters. The molecule has 1 aromatic carbocycles. The molecule has 1 aliphatic rings. The summed E-state index contributed by atoms with van der Waals surface area (Å²) in [6, 6.07) is 5.13. The van der Waals surface area contributed by atoms with Crippen molar-refractivity contribution >= 4 is 16.5 Å². The molecule has 4 rings (SSSR count). The molecule has 1 saturated heterocycles. The van der Waals surface area contributed by atoms with Crippen LogP contribution in [0.25, 0.3) is 16.5 Å². The second-order valence-corrected chi connectivity index (χ2v) is 6.11. The van der Waals surface area contributed by atoms with Crippen LogP contribution >= 0.6 is 0 Å². The van der Waals surface area contributed by atoms with Crippen LogP contribution in [0.2, 0.25) is 0 Å². The monoisotopic (exact) mass is 341 g/mol. The summed E-state index contributed by atoms with van der Waals surface area (Å²) in [7, 11) is 0. The van der Waals surface area contributed by atoms with Crippen molar-refractivity contribution in [2.45, 2.75) is 25.5 Å². The Kier molecular flexibility index (Phi) is 4.05. The first-order chi connectivity index (χ1) is 12.1. The summed E-state index contributed by atoms with van der Waals surface area (Å²) in [5.41, 5.74) is 1.74. The summed E-state index contributed by atoms with van der Waals surface area (Å²) in [4.78, 5) is 4.17. The van der Waals surface area contributed by atoms with Gasteiger partial charge in [-0.15, -0.1) is 0 Å². The lowest BCUT2D eigenvalue weighted by Crippen LogP contribution is -2.19. The van der Waals surface area contributed by atoms with Gasteiger partial charge in [0.25, 0.3) is 0 Å². The number of benzene rings is 1. The molecule has 6 heteroatoms. The van der Waals surface area contributed by atoms with Gasteiger partial charge in [-0.2, -0.15) is 5.10 Å². The Labute approximate surface area is 143 Å². The van der Waals surface area contributed by atoms with Crippen molar-refractivity contribution in [1.29, 1.82) is 0 Å². The van der Waals surface area contributed by atoms with E-state index in [9.17, 15) is 8.78 Å². The number of aromatic nitrogens is 3. The summed E-state index contributed by atoms with van der Waals surface area (Å²) in [5, 5.41) is 5.41. The molecule has 2 aromatic heterocycles. The largest absolute Gasteiger partial charge is 0.356 e. The van der Waals surface area contributed by atoms with Crippen molar-refractivity contribution in [2.24, 2.45) is 0 Å². The van der Waals surface area contributed by atoms with E-state index in [0.717, 1.165) is 48.4 Å². The highest BCUT2D eigenvalue weighted by Crippen LogP contribution is 2.33. The van der Waals surface area contributed by atoms with Gasteiger partial charge in [-0.05, 0) is 43.5 Å². The van der Waals surface area contributed by atoms with E-state index >= 15 is 0 Å². The molecule has 0 saturated carbocycles. The first kappa shape index (κ1) is 15.9. The minimum absolute atomic E-state index is 0.105. The van der Waals surface area contributed by atoms with E-state index in [1.807, 2.05) is 0 Å². The van der Waals surface area contributed by atoms with Crippen LogP contribution in [0.1, 0.15) is 36.7 Å². The lowest BCUT2D eigenvalue weighted by Gasteiger charge is -2.23. The van der Waals surface area contributed by atoms with Gasteiger partial charge in [0.1, 0.15) is 17.3 Å². The summed E-state index contributed by atoms with van der Waals surface area (Å²) in [6.07, 6.45) is 6.11. The molecular formula is C19H17F2N3O. The van der Waals surface area contributed by atoms with Gasteiger partial charge in [0.15, 0.2) is 6.23 Å². The highest BCUT2D eigenvalue weighted by atomic mass is 19.1. The summed E-state index contributed by atoms with van der Waals surface area (Å²) in [5.74, 6) is -1.05. The van der Waals surface area contributed by atoms with Crippen molar-refractivity contribution < 1.29 is 13.5 Å². The summed E-state index contributed by atoms with van der Waals surface area (Å²) >= 11 is 0. The van der Waals surface area contributed by atoms with E-state index in [1.165, 1.54) is 0 Å². The quantitative estimate of drug-likeness (QED) is 0.706. The van der Waals surface area contributed by atoms with Gasteiger partial charge in [0, 0.05) is 29.3 Å². The van der Waals surface area contributed by atoms with Crippen LogP contribution in [0.5, 0.6) is 0 Å². The van der Waals surface area contributed by atoms with Crippen molar-refractivity contribution in [2.75, 3.05) is 6.61 Å². The van der Waals surface area contributed by atoms with Gasteiger partial charge in [0.05, 0.1) is 11.7 Å². The highest BCUT2D eigenvalue weighted by molar-refractivity contribution is 5.94. The van der Waals surface area contributed by atoms with Crippen LogP contribution in [0.15, 0.2) is 43.2 Å². The molecule has 0 radical (unpaired) electrons. The normalized spacial score (nSPS) is 17.8. The fourth-order valence-electron chi connectivity index (χ4n) is 3.20. The Balaban J connectivity index is 1.84. The Morgan fingerprint density at radius 3 is 2.92 bits per heavy atom.